The number of piperazine rings is 2. The molecule has 3 saturated heterocycles. The van der Waals surface area contributed by atoms with Gasteiger partial charge in [-0.3, -0.25) is 48.6 Å². The van der Waals surface area contributed by atoms with E-state index in [9.17, 15) is 48.3 Å². The minimum atomic E-state index is -1.13. The molecule has 2 aromatic rings. The molecular formula is C78H107N9O13. The van der Waals surface area contributed by atoms with Crippen molar-refractivity contribution in [2.75, 3.05) is 76.2 Å². The van der Waals surface area contributed by atoms with Crippen LogP contribution in [0.3, 0.4) is 0 Å². The molecule has 4 N–H and O–H groups in total. The molecular weight excluding hydrogens is 1270 g/mol. The number of hydrogen-bond donors (Lipinski definition) is 4. The predicted molar refractivity (Wildman–Crippen MR) is 380 cm³/mol. The van der Waals surface area contributed by atoms with Crippen LogP contribution in [0.15, 0.2) is 65.3 Å². The number of nitrogens with zero attached hydrogens (tertiary/aromatic N) is 6. The van der Waals surface area contributed by atoms with Crippen LogP contribution in [0.25, 0.3) is 0 Å². The van der Waals surface area contributed by atoms with Crippen LogP contribution in [-0.4, -0.2) is 190 Å². The number of rotatable bonds is 24. The van der Waals surface area contributed by atoms with Crippen molar-refractivity contribution >= 4 is 70.7 Å². The molecule has 0 aromatic heterocycles. The number of nitrogens with one attached hydrogen (secondary N) is 3. The highest BCUT2D eigenvalue weighted by Gasteiger charge is 2.63. The number of ether oxygens (including phenoxy) is 2. The number of piperidine rings is 1. The zero-order valence-electron chi connectivity index (χ0n) is 60.5. The number of anilines is 2. The normalized spacial score (nSPS) is 25.2. The molecule has 8 aliphatic rings. The van der Waals surface area contributed by atoms with E-state index in [0.29, 0.717) is 62.8 Å². The second-order valence-corrected chi connectivity index (χ2v) is 31.2. The van der Waals surface area contributed by atoms with Crippen molar-refractivity contribution < 1.29 is 62.5 Å². The van der Waals surface area contributed by atoms with Gasteiger partial charge in [0.15, 0.2) is 5.78 Å². The summed E-state index contributed by atoms with van der Waals surface area (Å²) in [6.07, 6.45) is 17.8. The monoisotopic (exact) mass is 1380 g/mol. The van der Waals surface area contributed by atoms with E-state index in [4.69, 9.17) is 9.47 Å². The summed E-state index contributed by atoms with van der Waals surface area (Å²) in [7, 11) is 2.00. The zero-order chi connectivity index (χ0) is 71.8. The summed E-state index contributed by atoms with van der Waals surface area (Å²) in [5.74, 6) is 3.90. The van der Waals surface area contributed by atoms with Crippen LogP contribution in [-0.2, 0) is 38.2 Å². The molecule has 0 spiro atoms. The number of amides is 9. The Hall–Kier alpha value is -8.06. The Morgan fingerprint density at radius 3 is 1.96 bits per heavy atom. The molecule has 2 saturated carbocycles. The Morgan fingerprint density at radius 1 is 0.710 bits per heavy atom. The Bertz CT molecular complexity index is 3580. The summed E-state index contributed by atoms with van der Waals surface area (Å²) in [4.78, 5) is 144. The first-order valence-corrected chi connectivity index (χ1v) is 37.0. The van der Waals surface area contributed by atoms with Gasteiger partial charge < -0.3 is 49.7 Å². The molecule has 8 atom stereocenters. The Balaban J connectivity index is 0.701. The molecule has 4 aliphatic carbocycles. The van der Waals surface area contributed by atoms with Crippen molar-refractivity contribution in [3.8, 4) is 11.8 Å². The molecule has 22 nitrogen and oxygen atoms in total. The molecule has 4 heterocycles. The fourth-order valence-electron chi connectivity index (χ4n) is 16.9. The third kappa shape index (κ3) is 16.9. The van der Waals surface area contributed by atoms with Gasteiger partial charge in [-0.25, -0.2) is 9.59 Å². The van der Waals surface area contributed by atoms with Crippen molar-refractivity contribution in [3.63, 3.8) is 0 Å². The molecule has 5 fully saturated rings. The molecule has 4 aliphatic heterocycles. The van der Waals surface area contributed by atoms with Gasteiger partial charge in [-0.05, 0) is 172 Å². The summed E-state index contributed by atoms with van der Waals surface area (Å²) in [6.45, 7) is 16.2. The van der Waals surface area contributed by atoms with Gasteiger partial charge >= 0.3 is 12.2 Å². The highest BCUT2D eigenvalue weighted by atomic mass is 16.6. The highest BCUT2D eigenvalue weighted by Crippen LogP contribution is 2.66. The summed E-state index contributed by atoms with van der Waals surface area (Å²) in [5.41, 5.74) is 4.09. The van der Waals surface area contributed by atoms with Crippen LogP contribution >= 0.6 is 0 Å². The van der Waals surface area contributed by atoms with Crippen LogP contribution in [0.5, 0.6) is 0 Å². The van der Waals surface area contributed by atoms with E-state index in [1.165, 1.54) is 37.0 Å². The topological polar surface area (TPSA) is 265 Å². The number of aliphatic hydroxyl groups is 1. The molecule has 542 valence electrons. The second kappa shape index (κ2) is 31.9. The maximum Gasteiger partial charge on any atom is 0.410 e. The van der Waals surface area contributed by atoms with Gasteiger partial charge in [-0.15, -0.1) is 5.92 Å². The molecule has 2 aromatic carbocycles. The minimum Gasteiger partial charge on any atom is -0.444 e. The van der Waals surface area contributed by atoms with Crippen LogP contribution in [0, 0.1) is 29.1 Å². The third-order valence-corrected chi connectivity index (χ3v) is 22.0. The van der Waals surface area contributed by atoms with E-state index < -0.39 is 88.0 Å². The van der Waals surface area contributed by atoms with Crippen LogP contribution in [0.2, 0.25) is 0 Å². The van der Waals surface area contributed by atoms with Crippen molar-refractivity contribution in [1.29, 1.82) is 0 Å². The number of benzene rings is 2. The second-order valence-electron chi connectivity index (χ2n) is 31.2. The van der Waals surface area contributed by atoms with Crippen LogP contribution in [0.1, 0.15) is 229 Å². The van der Waals surface area contributed by atoms with Crippen molar-refractivity contribution in [2.45, 2.75) is 237 Å². The van der Waals surface area contributed by atoms with Crippen molar-refractivity contribution in [2.24, 2.45) is 17.3 Å². The minimum absolute atomic E-state index is 0.00424. The van der Waals surface area contributed by atoms with Gasteiger partial charge in [0.2, 0.25) is 29.5 Å². The number of ketones is 1. The van der Waals surface area contributed by atoms with Crippen LogP contribution < -0.4 is 20.9 Å². The maximum absolute atomic E-state index is 15.3. The van der Waals surface area contributed by atoms with E-state index in [1.54, 1.807) is 71.6 Å². The smallest absolute Gasteiger partial charge is 0.410 e. The van der Waals surface area contributed by atoms with Gasteiger partial charge in [0.25, 0.3) is 11.8 Å². The largest absolute Gasteiger partial charge is 0.444 e. The lowest BCUT2D eigenvalue weighted by Gasteiger charge is -2.53. The van der Waals surface area contributed by atoms with E-state index >= 15 is 4.79 Å². The summed E-state index contributed by atoms with van der Waals surface area (Å²) >= 11 is 0. The molecule has 0 radical (unpaired) electrons. The fourth-order valence-corrected chi connectivity index (χ4v) is 16.9. The molecule has 10 rings (SSSR count). The standard InChI is InChI=1S/C78H107N9O13/c1-10-38-78(98)39-37-59-56-33-29-52-47-54(88)32-34-55(52)66(56)58(48-77(59,78)8)51-27-30-53(31-28-51)82(9)42-23-26-65(90)85-45-43-84(74(97)100-76(5,6)7)50-63(85)71(94)86-46-44-83(73(96)99-75(2,3)4)49-62(86)68(91)80-41-21-19-17-15-13-11-12-14-16-18-20-40-79-60-25-22-24-57-67(60)72(95)87(70(57)93)61-35-36-64(89)81-69(61)92/h22,24-25,27-28,30-31,47,56,58-59,61-63,79,98H,11-21,23,26,29,32-37,39-46,48-50H2,1-9H3,(H,80,91)(H,81,89,92)/t56-,58+,59-,61?,62?,63?,77-,78-/m0/s1. The SMILES string of the molecule is CC#C[C@]1(O)CC[C@H]2[C@@H]3CCC4=CC(=O)CCC4=C3[C@@H](c3ccc(N(C)CCCC(=O)N4CCN(C(=O)OC(C)(C)C)CC4C(=O)N4CCN(C(=O)OC(C)(C)C)CC4C(=O)NCCCCCCCCCCCCCNc4cccc5c4C(=O)N(C4CCC(=O)NC4=O)C5=O)cc3)C[C@@]21C. The number of fused-ring (bicyclic) bond motifs is 5. The average Bonchev–Trinajstić information content (AvgIpc) is 1.45. The lowest BCUT2D eigenvalue weighted by molar-refractivity contribution is -0.155. The summed E-state index contributed by atoms with van der Waals surface area (Å²) in [6, 6.07) is 10.5. The van der Waals surface area contributed by atoms with Gasteiger partial charge in [0.1, 0.15) is 34.9 Å². The fraction of sp³-hybridized carbons (Fsp3) is 0.641. The quantitative estimate of drug-likeness (QED) is 0.0433. The summed E-state index contributed by atoms with van der Waals surface area (Å²) < 4.78 is 11.5. The van der Waals surface area contributed by atoms with Gasteiger partial charge in [0.05, 0.1) is 24.2 Å². The van der Waals surface area contributed by atoms with Gasteiger partial charge in [-0.2, -0.15) is 0 Å². The first-order chi connectivity index (χ1) is 47.6. The molecule has 22 heteroatoms. The third-order valence-electron chi connectivity index (χ3n) is 22.0. The van der Waals surface area contributed by atoms with E-state index in [-0.39, 0.29) is 87.3 Å². The molecule has 9 amide bonds. The van der Waals surface area contributed by atoms with Crippen LogP contribution in [0.4, 0.5) is 21.0 Å². The van der Waals surface area contributed by atoms with Gasteiger partial charge in [-0.1, -0.05) is 94.4 Å². The lowest BCUT2D eigenvalue weighted by Crippen LogP contribution is -2.68. The Morgan fingerprint density at radius 2 is 1.33 bits per heavy atom. The number of unbranched alkanes of at least 4 members (excludes halogenated alkanes) is 10. The zero-order valence-corrected chi connectivity index (χ0v) is 60.5. The van der Waals surface area contributed by atoms with E-state index in [0.717, 1.165) is 107 Å². The van der Waals surface area contributed by atoms with E-state index in [1.807, 2.05) is 13.1 Å². The number of carbonyl (C=O) groups is 10. The number of imide groups is 2. The van der Waals surface area contributed by atoms with Crippen molar-refractivity contribution in [3.05, 3.63) is 82.0 Å². The highest BCUT2D eigenvalue weighted by molar-refractivity contribution is 6.25. The lowest BCUT2D eigenvalue weighted by atomic mass is 9.51. The summed E-state index contributed by atoms with van der Waals surface area (Å²) in [5, 5.41) is 20.8. The maximum atomic E-state index is 15.3. The first kappa shape index (κ1) is 74.6. The van der Waals surface area contributed by atoms with Gasteiger partial charge in [0, 0.05) is 94.8 Å². The van der Waals surface area contributed by atoms with E-state index in [2.05, 4.69) is 63.9 Å². The number of allylic oxidation sites excluding steroid dienone is 4. The molecule has 0 bridgehead atoms. The van der Waals surface area contributed by atoms with Crippen molar-refractivity contribution in [1.82, 2.24) is 35.1 Å². The molecule has 3 unspecified atom stereocenters. The Kier molecular flexibility index (Phi) is 23.8. The predicted octanol–water partition coefficient (Wildman–Crippen LogP) is 10.4. The average molecular weight is 1380 g/mol. The first-order valence-electron chi connectivity index (χ1n) is 37.0. The number of carbonyl (C=O) groups excluding carboxylic acids is 10. The Labute approximate surface area is 590 Å². The number of hydrogen-bond acceptors (Lipinski definition) is 15. The molecule has 100 heavy (non-hydrogen) atoms.